The normalized spacial score (nSPS) is 12.5. The first-order valence-electron chi connectivity index (χ1n) is 5.00. The Kier molecular flexibility index (Phi) is 4.06. The fourth-order valence-electron chi connectivity index (χ4n) is 1.33. The van der Waals surface area contributed by atoms with Crippen LogP contribution in [-0.4, -0.2) is 23.0 Å². The summed E-state index contributed by atoms with van der Waals surface area (Å²) in [6.07, 6.45) is 0. The summed E-state index contributed by atoms with van der Waals surface area (Å²) in [5.74, 6) is -1.46. The lowest BCUT2D eigenvalue weighted by Gasteiger charge is -2.17. The van der Waals surface area contributed by atoms with E-state index in [2.05, 4.69) is 5.32 Å². The molecule has 88 valence electrons. The first-order chi connectivity index (χ1) is 7.43. The van der Waals surface area contributed by atoms with Gasteiger partial charge in [0.15, 0.2) is 0 Å². The molecule has 0 bridgehead atoms. The average molecular weight is 241 g/mol. The van der Waals surface area contributed by atoms with Gasteiger partial charge in [-0.1, -0.05) is 13.8 Å². The van der Waals surface area contributed by atoms with E-state index in [9.17, 15) is 9.59 Å². The van der Waals surface area contributed by atoms with E-state index >= 15 is 0 Å². The van der Waals surface area contributed by atoms with E-state index in [1.54, 1.807) is 19.2 Å². The minimum absolute atomic E-state index is 0.139. The van der Waals surface area contributed by atoms with Gasteiger partial charge < -0.3 is 10.4 Å². The summed E-state index contributed by atoms with van der Waals surface area (Å²) in [4.78, 5) is 22.7. The molecule has 1 atom stereocenters. The second-order valence-electron chi connectivity index (χ2n) is 4.00. The van der Waals surface area contributed by atoms with Crippen molar-refractivity contribution in [2.24, 2.45) is 5.92 Å². The Morgan fingerprint density at radius 3 is 2.38 bits per heavy atom. The van der Waals surface area contributed by atoms with Crippen molar-refractivity contribution >= 4 is 23.2 Å². The molecule has 1 aromatic heterocycles. The Bertz CT molecular complexity index is 398. The van der Waals surface area contributed by atoms with Gasteiger partial charge in [0.2, 0.25) is 0 Å². The van der Waals surface area contributed by atoms with Gasteiger partial charge in [0.1, 0.15) is 6.04 Å². The quantitative estimate of drug-likeness (QED) is 0.846. The molecule has 0 aliphatic heterocycles. The third-order valence-electron chi connectivity index (χ3n) is 2.32. The Hall–Kier alpha value is -1.36. The minimum Gasteiger partial charge on any atom is -0.480 e. The van der Waals surface area contributed by atoms with Crippen LogP contribution >= 0.6 is 11.3 Å². The van der Waals surface area contributed by atoms with Crippen LogP contribution in [0.4, 0.5) is 0 Å². The van der Waals surface area contributed by atoms with Crippen molar-refractivity contribution in [1.82, 2.24) is 5.32 Å². The van der Waals surface area contributed by atoms with Gasteiger partial charge in [-0.3, -0.25) is 4.79 Å². The second kappa shape index (κ2) is 5.12. The highest BCUT2D eigenvalue weighted by Gasteiger charge is 2.24. The van der Waals surface area contributed by atoms with Crippen LogP contribution in [0.3, 0.4) is 0 Å². The zero-order valence-corrected chi connectivity index (χ0v) is 10.3. The lowest BCUT2D eigenvalue weighted by molar-refractivity contribution is -0.140. The van der Waals surface area contributed by atoms with Crippen LogP contribution in [0.25, 0.3) is 0 Å². The van der Waals surface area contributed by atoms with Crippen LogP contribution in [0.1, 0.15) is 29.8 Å². The number of thiophene rings is 1. The maximum absolute atomic E-state index is 11.8. The van der Waals surface area contributed by atoms with E-state index in [1.807, 2.05) is 12.3 Å². The van der Waals surface area contributed by atoms with Gasteiger partial charge in [-0.2, -0.15) is 11.3 Å². The van der Waals surface area contributed by atoms with E-state index in [-0.39, 0.29) is 11.8 Å². The predicted molar refractivity (Wildman–Crippen MR) is 62.8 cm³/mol. The van der Waals surface area contributed by atoms with E-state index in [0.29, 0.717) is 5.56 Å². The third kappa shape index (κ3) is 2.82. The van der Waals surface area contributed by atoms with Gasteiger partial charge in [-0.15, -0.1) is 0 Å². The summed E-state index contributed by atoms with van der Waals surface area (Å²) in [7, 11) is 0. The second-order valence-corrected chi connectivity index (χ2v) is 4.75. The molecule has 0 aromatic carbocycles. The molecule has 0 saturated heterocycles. The summed E-state index contributed by atoms with van der Waals surface area (Å²) in [5.41, 5.74) is 1.42. The maximum Gasteiger partial charge on any atom is 0.326 e. The van der Waals surface area contributed by atoms with Gasteiger partial charge in [-0.05, 0) is 23.8 Å². The number of carboxylic acid groups (broad SMARTS) is 1. The molecule has 1 amide bonds. The minimum atomic E-state index is -1.00. The SMILES string of the molecule is Cc1cscc1C(=O)NC(C(=O)O)C(C)C. The molecule has 0 aliphatic carbocycles. The predicted octanol–water partition coefficient (Wildman–Crippen LogP) is 1.90. The lowest BCUT2D eigenvalue weighted by Crippen LogP contribution is -2.44. The summed E-state index contributed by atoms with van der Waals surface area (Å²) in [6.45, 7) is 5.36. The van der Waals surface area contributed by atoms with E-state index in [4.69, 9.17) is 5.11 Å². The first-order valence-corrected chi connectivity index (χ1v) is 5.94. The van der Waals surface area contributed by atoms with Gasteiger partial charge in [0.25, 0.3) is 5.91 Å². The number of aryl methyl sites for hydroxylation is 1. The van der Waals surface area contributed by atoms with Gasteiger partial charge in [-0.25, -0.2) is 4.79 Å². The van der Waals surface area contributed by atoms with Crippen LogP contribution in [0.15, 0.2) is 10.8 Å². The molecular formula is C11H15NO3S. The number of carboxylic acids is 1. The summed E-state index contributed by atoms with van der Waals surface area (Å²) in [5, 5.41) is 15.1. The van der Waals surface area contributed by atoms with Crippen molar-refractivity contribution < 1.29 is 14.7 Å². The molecule has 16 heavy (non-hydrogen) atoms. The van der Waals surface area contributed by atoms with Crippen LogP contribution in [0.5, 0.6) is 0 Å². The molecule has 5 heteroatoms. The van der Waals surface area contributed by atoms with Crippen LogP contribution < -0.4 is 5.32 Å². The summed E-state index contributed by atoms with van der Waals surface area (Å²) in [6, 6.07) is -0.841. The third-order valence-corrected chi connectivity index (χ3v) is 3.18. The zero-order chi connectivity index (χ0) is 12.3. The monoisotopic (exact) mass is 241 g/mol. The highest BCUT2D eigenvalue weighted by atomic mass is 32.1. The van der Waals surface area contributed by atoms with Crippen LogP contribution in [0, 0.1) is 12.8 Å². The van der Waals surface area contributed by atoms with Crippen molar-refractivity contribution in [1.29, 1.82) is 0 Å². The van der Waals surface area contributed by atoms with Crippen LogP contribution in [0.2, 0.25) is 0 Å². The smallest absolute Gasteiger partial charge is 0.326 e. The number of aliphatic carboxylic acids is 1. The van der Waals surface area contributed by atoms with Gasteiger partial charge in [0, 0.05) is 5.38 Å². The zero-order valence-electron chi connectivity index (χ0n) is 9.48. The standard InChI is InChI=1S/C11H15NO3S/c1-6(2)9(11(14)15)12-10(13)8-5-16-4-7(8)3/h4-6,9H,1-3H3,(H,12,13)(H,14,15). The fraction of sp³-hybridized carbons (Fsp3) is 0.455. The maximum atomic E-state index is 11.8. The molecule has 0 fully saturated rings. The number of carbonyl (C=O) groups excluding carboxylic acids is 1. The van der Waals surface area contributed by atoms with E-state index < -0.39 is 12.0 Å². The highest BCUT2D eigenvalue weighted by molar-refractivity contribution is 7.08. The first kappa shape index (κ1) is 12.7. The van der Waals surface area contributed by atoms with Gasteiger partial charge in [0.05, 0.1) is 5.56 Å². The number of nitrogens with one attached hydrogen (secondary N) is 1. The molecule has 1 aromatic rings. The fourth-order valence-corrected chi connectivity index (χ4v) is 2.15. The number of hydrogen-bond acceptors (Lipinski definition) is 3. The molecule has 1 rings (SSSR count). The molecule has 0 saturated carbocycles. The topological polar surface area (TPSA) is 66.4 Å². The Morgan fingerprint density at radius 1 is 1.38 bits per heavy atom. The van der Waals surface area contributed by atoms with E-state index in [0.717, 1.165) is 5.56 Å². The number of rotatable bonds is 4. The molecular weight excluding hydrogens is 226 g/mol. The molecule has 1 heterocycles. The Morgan fingerprint density at radius 2 is 2.00 bits per heavy atom. The number of amides is 1. The Balaban J connectivity index is 2.77. The van der Waals surface area contributed by atoms with E-state index in [1.165, 1.54) is 11.3 Å². The summed E-state index contributed by atoms with van der Waals surface area (Å²) >= 11 is 1.43. The molecule has 1 unspecified atom stereocenters. The molecule has 0 radical (unpaired) electrons. The highest BCUT2D eigenvalue weighted by Crippen LogP contribution is 2.14. The number of hydrogen-bond donors (Lipinski definition) is 2. The van der Waals surface area contributed by atoms with Crippen molar-refractivity contribution in [2.45, 2.75) is 26.8 Å². The Labute approximate surface area is 98.3 Å². The average Bonchev–Trinajstić information content (AvgIpc) is 2.59. The largest absolute Gasteiger partial charge is 0.480 e. The van der Waals surface area contributed by atoms with Crippen LogP contribution in [-0.2, 0) is 4.79 Å². The van der Waals surface area contributed by atoms with Crippen molar-refractivity contribution in [2.75, 3.05) is 0 Å². The molecule has 4 nitrogen and oxygen atoms in total. The van der Waals surface area contributed by atoms with Crippen molar-refractivity contribution in [3.05, 3.63) is 21.9 Å². The molecule has 2 N–H and O–H groups in total. The number of carbonyl (C=O) groups is 2. The molecule has 0 spiro atoms. The van der Waals surface area contributed by atoms with Gasteiger partial charge >= 0.3 is 5.97 Å². The molecule has 0 aliphatic rings. The van der Waals surface area contributed by atoms with Crippen molar-refractivity contribution in [3.8, 4) is 0 Å². The summed E-state index contributed by atoms with van der Waals surface area (Å²) < 4.78 is 0. The lowest BCUT2D eigenvalue weighted by atomic mass is 10.0. The van der Waals surface area contributed by atoms with Crippen molar-refractivity contribution in [3.63, 3.8) is 0 Å².